The van der Waals surface area contributed by atoms with Gasteiger partial charge in [0.05, 0.1) is 6.20 Å². The predicted octanol–water partition coefficient (Wildman–Crippen LogP) is 0.491. The lowest BCUT2D eigenvalue weighted by atomic mass is 10.4. The van der Waals surface area contributed by atoms with Crippen molar-refractivity contribution in [2.45, 2.75) is 6.42 Å². The summed E-state index contributed by atoms with van der Waals surface area (Å²) in [4.78, 5) is 3.79. The van der Waals surface area contributed by atoms with Crippen LogP contribution in [-0.2, 0) is 6.42 Å². The summed E-state index contributed by atoms with van der Waals surface area (Å²) in [5.41, 5.74) is 10.6. The zero-order valence-electron chi connectivity index (χ0n) is 6.82. The van der Waals surface area contributed by atoms with E-state index in [1.807, 2.05) is 0 Å². The van der Waals surface area contributed by atoms with Crippen molar-refractivity contribution in [1.29, 1.82) is 0 Å². The second kappa shape index (κ2) is 5.05. The van der Waals surface area contributed by atoms with Gasteiger partial charge in [0.2, 0.25) is 0 Å². The van der Waals surface area contributed by atoms with Gasteiger partial charge in [-0.05, 0) is 0 Å². The number of nitrogens with zero attached hydrogens (tertiary/aromatic N) is 1. The van der Waals surface area contributed by atoms with Gasteiger partial charge in [-0.1, -0.05) is 0 Å². The summed E-state index contributed by atoms with van der Waals surface area (Å²) in [7, 11) is 0. The summed E-state index contributed by atoms with van der Waals surface area (Å²) in [6.07, 6.45) is 2.53. The molecule has 0 aliphatic rings. The van der Waals surface area contributed by atoms with Gasteiger partial charge in [0.25, 0.3) is 6.01 Å². The minimum Gasteiger partial charge on any atom is -0.429 e. The van der Waals surface area contributed by atoms with E-state index >= 15 is 0 Å². The smallest absolute Gasteiger partial charge is 0.292 e. The Kier molecular flexibility index (Phi) is 3.96. The molecule has 1 heterocycles. The zero-order valence-corrected chi connectivity index (χ0v) is 7.64. The second-order valence-corrected chi connectivity index (χ2v) is 3.54. The minimum absolute atomic E-state index is 0.244. The van der Waals surface area contributed by atoms with Gasteiger partial charge in [0.1, 0.15) is 5.76 Å². The van der Waals surface area contributed by atoms with E-state index in [1.54, 1.807) is 18.0 Å². The van der Waals surface area contributed by atoms with Gasteiger partial charge in [0.15, 0.2) is 0 Å². The highest BCUT2D eigenvalue weighted by atomic mass is 32.2. The number of rotatable bonds is 5. The summed E-state index contributed by atoms with van der Waals surface area (Å²) in [6, 6.07) is 0.244. The standard InChI is InChI=1S/C7H13N3OS/c8-2-4-12-3-1-6-5-10-7(9)11-6/h5H,1-4,8H2,(H2,9,10). The third kappa shape index (κ3) is 3.15. The molecule has 0 spiro atoms. The Morgan fingerprint density at radius 2 is 2.33 bits per heavy atom. The molecule has 1 aromatic rings. The van der Waals surface area contributed by atoms with E-state index in [4.69, 9.17) is 15.9 Å². The van der Waals surface area contributed by atoms with Crippen LogP contribution in [0.3, 0.4) is 0 Å². The molecule has 4 N–H and O–H groups in total. The van der Waals surface area contributed by atoms with Crippen molar-refractivity contribution < 1.29 is 4.42 Å². The van der Waals surface area contributed by atoms with Crippen molar-refractivity contribution in [3.8, 4) is 0 Å². The predicted molar refractivity (Wildman–Crippen MR) is 51.0 cm³/mol. The SMILES string of the molecule is NCCSCCc1cnc(N)o1. The van der Waals surface area contributed by atoms with E-state index in [9.17, 15) is 0 Å². The van der Waals surface area contributed by atoms with Crippen LogP contribution >= 0.6 is 11.8 Å². The van der Waals surface area contributed by atoms with Gasteiger partial charge in [-0.15, -0.1) is 0 Å². The molecule has 5 heteroatoms. The Bertz CT molecular complexity index is 226. The monoisotopic (exact) mass is 187 g/mol. The highest BCUT2D eigenvalue weighted by molar-refractivity contribution is 7.99. The van der Waals surface area contributed by atoms with Crippen LogP contribution in [0.5, 0.6) is 0 Å². The molecule has 0 bridgehead atoms. The number of aryl methyl sites for hydroxylation is 1. The highest BCUT2D eigenvalue weighted by Gasteiger charge is 1.99. The molecule has 12 heavy (non-hydrogen) atoms. The molecular weight excluding hydrogens is 174 g/mol. The van der Waals surface area contributed by atoms with Crippen molar-refractivity contribution in [2.75, 3.05) is 23.8 Å². The Hall–Kier alpha value is -0.680. The van der Waals surface area contributed by atoms with Crippen LogP contribution in [-0.4, -0.2) is 23.0 Å². The summed E-state index contributed by atoms with van der Waals surface area (Å²) >= 11 is 1.80. The molecule has 1 rings (SSSR count). The maximum Gasteiger partial charge on any atom is 0.292 e. The number of nitrogens with two attached hydrogens (primary N) is 2. The molecule has 0 saturated heterocycles. The van der Waals surface area contributed by atoms with Crippen molar-refractivity contribution >= 4 is 17.8 Å². The average Bonchev–Trinajstić information content (AvgIpc) is 2.45. The maximum absolute atomic E-state index is 5.34. The van der Waals surface area contributed by atoms with Gasteiger partial charge in [-0.2, -0.15) is 11.8 Å². The molecule has 0 atom stereocenters. The average molecular weight is 187 g/mol. The Labute approximate surface area is 75.7 Å². The van der Waals surface area contributed by atoms with Crippen molar-refractivity contribution in [3.05, 3.63) is 12.0 Å². The first kappa shape index (κ1) is 9.41. The summed E-state index contributed by atoms with van der Waals surface area (Å²) in [6.45, 7) is 0.725. The number of thioether (sulfide) groups is 1. The first-order chi connectivity index (χ1) is 5.83. The van der Waals surface area contributed by atoms with Gasteiger partial charge < -0.3 is 15.9 Å². The Morgan fingerprint density at radius 1 is 1.50 bits per heavy atom. The Balaban J connectivity index is 2.15. The van der Waals surface area contributed by atoms with Crippen molar-refractivity contribution in [2.24, 2.45) is 5.73 Å². The quantitative estimate of drug-likeness (QED) is 0.656. The van der Waals surface area contributed by atoms with E-state index in [2.05, 4.69) is 4.98 Å². The Morgan fingerprint density at radius 3 is 2.92 bits per heavy atom. The van der Waals surface area contributed by atoms with E-state index in [0.717, 1.165) is 30.2 Å². The first-order valence-corrected chi connectivity index (χ1v) is 4.96. The van der Waals surface area contributed by atoms with Gasteiger partial charge in [-0.3, -0.25) is 0 Å². The molecule has 68 valence electrons. The highest BCUT2D eigenvalue weighted by Crippen LogP contribution is 2.08. The normalized spacial score (nSPS) is 10.4. The largest absolute Gasteiger partial charge is 0.429 e. The molecule has 1 aromatic heterocycles. The summed E-state index contributed by atoms with van der Waals surface area (Å²) in [5, 5.41) is 0. The van der Waals surface area contributed by atoms with Crippen LogP contribution in [0.25, 0.3) is 0 Å². The fraction of sp³-hybridized carbons (Fsp3) is 0.571. The topological polar surface area (TPSA) is 78.1 Å². The van der Waals surface area contributed by atoms with Gasteiger partial charge in [-0.25, -0.2) is 4.98 Å². The molecule has 0 aromatic carbocycles. The van der Waals surface area contributed by atoms with Crippen LogP contribution in [0.1, 0.15) is 5.76 Å². The van der Waals surface area contributed by atoms with Gasteiger partial charge >= 0.3 is 0 Å². The number of hydrogen-bond donors (Lipinski definition) is 2. The molecule has 4 nitrogen and oxygen atoms in total. The first-order valence-electron chi connectivity index (χ1n) is 3.81. The van der Waals surface area contributed by atoms with E-state index in [-0.39, 0.29) is 6.01 Å². The number of oxazole rings is 1. The van der Waals surface area contributed by atoms with Crippen molar-refractivity contribution in [3.63, 3.8) is 0 Å². The van der Waals surface area contributed by atoms with Crippen molar-refractivity contribution in [1.82, 2.24) is 4.98 Å². The van der Waals surface area contributed by atoms with E-state index in [1.165, 1.54) is 0 Å². The summed E-state index contributed by atoms with van der Waals surface area (Å²) in [5.74, 6) is 2.84. The van der Waals surface area contributed by atoms with Gasteiger partial charge in [0, 0.05) is 24.5 Å². The number of hydrogen-bond acceptors (Lipinski definition) is 5. The fourth-order valence-electron chi connectivity index (χ4n) is 0.796. The summed E-state index contributed by atoms with van der Waals surface area (Å²) < 4.78 is 5.09. The number of nitrogen functional groups attached to an aromatic ring is 1. The lowest BCUT2D eigenvalue weighted by Crippen LogP contribution is -2.02. The third-order valence-electron chi connectivity index (χ3n) is 1.33. The molecule has 0 unspecified atom stereocenters. The van der Waals surface area contributed by atoms with Crippen LogP contribution in [0, 0.1) is 0 Å². The van der Waals surface area contributed by atoms with Crippen LogP contribution in [0.15, 0.2) is 10.6 Å². The molecule has 0 aliphatic carbocycles. The molecule has 0 radical (unpaired) electrons. The lowest BCUT2D eigenvalue weighted by molar-refractivity contribution is 0.531. The molecule has 0 aliphatic heterocycles. The second-order valence-electron chi connectivity index (χ2n) is 2.32. The van der Waals surface area contributed by atoms with E-state index in [0.29, 0.717) is 0 Å². The molecule has 0 saturated carbocycles. The zero-order chi connectivity index (χ0) is 8.81. The number of anilines is 1. The maximum atomic E-state index is 5.34. The van der Waals surface area contributed by atoms with Crippen LogP contribution in [0.4, 0.5) is 6.01 Å². The number of aromatic nitrogens is 1. The van der Waals surface area contributed by atoms with Crippen LogP contribution < -0.4 is 11.5 Å². The molecular formula is C7H13N3OS. The lowest BCUT2D eigenvalue weighted by Gasteiger charge is -1.95. The third-order valence-corrected chi connectivity index (χ3v) is 2.34. The fourth-order valence-corrected chi connectivity index (χ4v) is 1.51. The van der Waals surface area contributed by atoms with E-state index < -0.39 is 0 Å². The molecule has 0 amide bonds. The minimum atomic E-state index is 0.244. The molecule has 0 fully saturated rings. The van der Waals surface area contributed by atoms with Crippen LogP contribution in [0.2, 0.25) is 0 Å².